The van der Waals surface area contributed by atoms with Crippen molar-refractivity contribution >= 4 is 5.91 Å². The van der Waals surface area contributed by atoms with Crippen LogP contribution in [0.15, 0.2) is 10.8 Å². The Hall–Kier alpha value is -1.36. The molecule has 0 aliphatic carbocycles. The number of hydrogen-bond donors (Lipinski definition) is 2. The maximum absolute atomic E-state index is 11.9. The molecule has 1 atom stereocenters. The largest absolute Gasteiger partial charge is 0.438 e. The fourth-order valence-corrected chi connectivity index (χ4v) is 1.59. The summed E-state index contributed by atoms with van der Waals surface area (Å²) in [7, 11) is 0. The summed E-state index contributed by atoms with van der Waals surface area (Å²) in [6.45, 7) is 7.80. The van der Waals surface area contributed by atoms with E-state index in [4.69, 9.17) is 9.52 Å². The van der Waals surface area contributed by atoms with Crippen molar-refractivity contribution in [1.82, 2.24) is 10.3 Å². The average molecular weight is 240 g/mol. The summed E-state index contributed by atoms with van der Waals surface area (Å²) in [5, 5.41) is 11.9. The van der Waals surface area contributed by atoms with Gasteiger partial charge in [0.2, 0.25) is 5.76 Å². The lowest BCUT2D eigenvalue weighted by atomic mass is 9.85. The predicted molar refractivity (Wildman–Crippen MR) is 63.7 cm³/mol. The van der Waals surface area contributed by atoms with Crippen LogP contribution in [0.4, 0.5) is 0 Å². The molecule has 1 unspecified atom stereocenters. The van der Waals surface area contributed by atoms with E-state index in [1.165, 1.54) is 6.39 Å². The molecular weight excluding hydrogens is 220 g/mol. The van der Waals surface area contributed by atoms with Crippen molar-refractivity contribution in [1.29, 1.82) is 0 Å². The van der Waals surface area contributed by atoms with Crippen LogP contribution in [0.25, 0.3) is 0 Å². The summed E-state index contributed by atoms with van der Waals surface area (Å²) in [5.74, 6) is -0.0504. The Labute approximate surface area is 101 Å². The van der Waals surface area contributed by atoms with Crippen LogP contribution in [0.3, 0.4) is 0 Å². The Morgan fingerprint density at radius 2 is 2.24 bits per heavy atom. The number of nitrogens with zero attached hydrogens (tertiary/aromatic N) is 1. The van der Waals surface area contributed by atoms with E-state index in [0.717, 1.165) is 0 Å². The van der Waals surface area contributed by atoms with Crippen LogP contribution < -0.4 is 5.32 Å². The Bertz CT molecular complexity index is 379. The Kier molecular flexibility index (Phi) is 4.28. The van der Waals surface area contributed by atoms with Crippen LogP contribution in [0.5, 0.6) is 0 Å². The molecule has 1 aromatic rings. The number of oxazole rings is 1. The maximum Gasteiger partial charge on any atom is 0.289 e. The first kappa shape index (κ1) is 13.7. The van der Waals surface area contributed by atoms with Gasteiger partial charge in [-0.25, -0.2) is 4.98 Å². The Balaban J connectivity index is 2.75. The third-order valence-corrected chi connectivity index (χ3v) is 2.72. The van der Waals surface area contributed by atoms with Crippen LogP contribution in [0.1, 0.15) is 43.4 Å². The highest BCUT2D eigenvalue weighted by Crippen LogP contribution is 2.22. The van der Waals surface area contributed by atoms with E-state index in [2.05, 4.69) is 10.3 Å². The first-order valence-electron chi connectivity index (χ1n) is 5.68. The van der Waals surface area contributed by atoms with E-state index in [1.807, 2.05) is 20.8 Å². The molecule has 0 aromatic carbocycles. The van der Waals surface area contributed by atoms with Crippen LogP contribution in [-0.4, -0.2) is 28.6 Å². The van der Waals surface area contributed by atoms with Crippen LogP contribution in [-0.2, 0) is 0 Å². The minimum atomic E-state index is -0.284. The topological polar surface area (TPSA) is 75.4 Å². The van der Waals surface area contributed by atoms with Gasteiger partial charge < -0.3 is 14.8 Å². The first-order chi connectivity index (χ1) is 7.86. The SMILES string of the molecule is Cc1ncoc1C(=O)NC(CCO)C(C)(C)C. The van der Waals surface area contributed by atoms with Gasteiger partial charge in [0.25, 0.3) is 5.91 Å². The lowest BCUT2D eigenvalue weighted by Gasteiger charge is -2.30. The normalized spacial score (nSPS) is 13.5. The number of hydrogen-bond acceptors (Lipinski definition) is 4. The molecule has 1 rings (SSSR count). The van der Waals surface area contributed by atoms with Crippen molar-refractivity contribution in [3.63, 3.8) is 0 Å². The van der Waals surface area contributed by atoms with Gasteiger partial charge in [0.15, 0.2) is 6.39 Å². The minimum absolute atomic E-state index is 0.0393. The quantitative estimate of drug-likeness (QED) is 0.836. The lowest BCUT2D eigenvalue weighted by Crippen LogP contribution is -2.44. The van der Waals surface area contributed by atoms with E-state index >= 15 is 0 Å². The summed E-state index contributed by atoms with van der Waals surface area (Å²) in [6, 6.07) is -0.107. The number of aliphatic hydroxyl groups excluding tert-OH is 1. The number of nitrogens with one attached hydrogen (secondary N) is 1. The van der Waals surface area contributed by atoms with Gasteiger partial charge in [0.1, 0.15) is 0 Å². The van der Waals surface area contributed by atoms with Gasteiger partial charge in [-0.2, -0.15) is 0 Å². The molecule has 0 aliphatic rings. The molecule has 5 heteroatoms. The fraction of sp³-hybridized carbons (Fsp3) is 0.667. The van der Waals surface area contributed by atoms with Crippen molar-refractivity contribution < 1.29 is 14.3 Å². The van der Waals surface area contributed by atoms with Gasteiger partial charge in [0, 0.05) is 12.6 Å². The molecule has 0 spiro atoms. The second-order valence-electron chi connectivity index (χ2n) is 5.17. The first-order valence-corrected chi connectivity index (χ1v) is 5.68. The molecule has 5 nitrogen and oxygen atoms in total. The number of rotatable bonds is 4. The van der Waals surface area contributed by atoms with E-state index < -0.39 is 0 Å². The number of carbonyl (C=O) groups excluding carboxylic acids is 1. The van der Waals surface area contributed by atoms with Gasteiger partial charge in [-0.1, -0.05) is 20.8 Å². The van der Waals surface area contributed by atoms with Crippen LogP contribution in [0, 0.1) is 12.3 Å². The highest BCUT2D eigenvalue weighted by atomic mass is 16.3. The molecule has 0 aliphatic heterocycles. The fourth-order valence-electron chi connectivity index (χ4n) is 1.59. The molecule has 96 valence electrons. The minimum Gasteiger partial charge on any atom is -0.438 e. The maximum atomic E-state index is 11.9. The predicted octanol–water partition coefficient (Wildman–Crippen LogP) is 1.51. The Morgan fingerprint density at radius 3 is 2.65 bits per heavy atom. The average Bonchev–Trinajstić information content (AvgIpc) is 2.62. The van der Waals surface area contributed by atoms with Gasteiger partial charge >= 0.3 is 0 Å². The molecule has 1 aromatic heterocycles. The monoisotopic (exact) mass is 240 g/mol. The molecule has 0 fully saturated rings. The van der Waals surface area contributed by atoms with Crippen molar-refractivity contribution in [2.45, 2.75) is 40.2 Å². The zero-order chi connectivity index (χ0) is 13.1. The molecule has 0 bridgehead atoms. The van der Waals surface area contributed by atoms with E-state index in [-0.39, 0.29) is 29.7 Å². The number of aromatic nitrogens is 1. The van der Waals surface area contributed by atoms with Gasteiger partial charge in [0.05, 0.1) is 5.69 Å². The number of aryl methyl sites for hydroxylation is 1. The van der Waals surface area contributed by atoms with E-state index in [0.29, 0.717) is 12.1 Å². The highest BCUT2D eigenvalue weighted by molar-refractivity contribution is 5.92. The summed E-state index contributed by atoms with van der Waals surface area (Å²) in [5.41, 5.74) is 0.450. The molecule has 0 saturated carbocycles. The standard InChI is InChI=1S/C12H20N2O3/c1-8-10(17-7-13-8)11(16)14-9(5-6-15)12(2,3)4/h7,9,15H,5-6H2,1-4H3,(H,14,16). The van der Waals surface area contributed by atoms with Crippen molar-refractivity contribution in [3.8, 4) is 0 Å². The van der Waals surface area contributed by atoms with Gasteiger partial charge in [-0.05, 0) is 18.8 Å². The number of aliphatic hydroxyl groups is 1. The lowest BCUT2D eigenvalue weighted by molar-refractivity contribution is 0.0856. The highest BCUT2D eigenvalue weighted by Gasteiger charge is 2.27. The smallest absolute Gasteiger partial charge is 0.289 e. The van der Waals surface area contributed by atoms with Gasteiger partial charge in [-0.3, -0.25) is 4.79 Å². The summed E-state index contributed by atoms with van der Waals surface area (Å²) >= 11 is 0. The van der Waals surface area contributed by atoms with Crippen LogP contribution >= 0.6 is 0 Å². The molecule has 0 radical (unpaired) electrons. The van der Waals surface area contributed by atoms with E-state index in [9.17, 15) is 4.79 Å². The number of amides is 1. The second-order valence-corrected chi connectivity index (χ2v) is 5.17. The molecule has 1 amide bonds. The number of carbonyl (C=O) groups is 1. The third-order valence-electron chi connectivity index (χ3n) is 2.72. The molecule has 0 saturated heterocycles. The van der Waals surface area contributed by atoms with Crippen molar-refractivity contribution in [2.24, 2.45) is 5.41 Å². The summed E-state index contributed by atoms with van der Waals surface area (Å²) in [4.78, 5) is 15.8. The zero-order valence-electron chi connectivity index (χ0n) is 10.8. The Morgan fingerprint density at radius 1 is 1.59 bits per heavy atom. The molecular formula is C12H20N2O3. The summed E-state index contributed by atoms with van der Waals surface area (Å²) in [6.07, 6.45) is 1.77. The van der Waals surface area contributed by atoms with Gasteiger partial charge in [-0.15, -0.1) is 0 Å². The summed E-state index contributed by atoms with van der Waals surface area (Å²) < 4.78 is 5.03. The van der Waals surface area contributed by atoms with E-state index in [1.54, 1.807) is 6.92 Å². The van der Waals surface area contributed by atoms with Crippen molar-refractivity contribution in [2.75, 3.05) is 6.61 Å². The molecule has 2 N–H and O–H groups in total. The third kappa shape index (κ3) is 3.56. The zero-order valence-corrected chi connectivity index (χ0v) is 10.8. The molecule has 1 heterocycles. The van der Waals surface area contributed by atoms with Crippen LogP contribution in [0.2, 0.25) is 0 Å². The second kappa shape index (κ2) is 5.31. The molecule has 17 heavy (non-hydrogen) atoms. The van der Waals surface area contributed by atoms with Crippen molar-refractivity contribution in [3.05, 3.63) is 17.8 Å².